The molecule has 0 aromatic rings. The zero-order valence-electron chi connectivity index (χ0n) is 30.0. The van der Waals surface area contributed by atoms with Crippen molar-refractivity contribution in [1.82, 2.24) is 0 Å². The Bertz CT molecular complexity index is 637. The van der Waals surface area contributed by atoms with Gasteiger partial charge in [-0.2, -0.15) is 0 Å². The summed E-state index contributed by atoms with van der Waals surface area (Å²) >= 11 is -5.01. The summed E-state index contributed by atoms with van der Waals surface area (Å²) in [5, 5.41) is 0. The van der Waals surface area contributed by atoms with Crippen LogP contribution < -0.4 is 0 Å². The molecule has 0 saturated heterocycles. The molecule has 0 saturated carbocycles. The van der Waals surface area contributed by atoms with E-state index in [0.29, 0.717) is 0 Å². The van der Waals surface area contributed by atoms with E-state index in [2.05, 4.69) is 0 Å². The van der Waals surface area contributed by atoms with E-state index in [4.69, 9.17) is 39.2 Å². The molecule has 0 N–H and O–H groups in total. The van der Waals surface area contributed by atoms with E-state index in [1.54, 1.807) is 0 Å². The molecular formula is C28H64O10Si2Ti. The summed E-state index contributed by atoms with van der Waals surface area (Å²) in [6.45, 7) is 38.6. The molecule has 13 heteroatoms. The summed E-state index contributed by atoms with van der Waals surface area (Å²) < 4.78 is 66.3. The van der Waals surface area contributed by atoms with Gasteiger partial charge in [-0.1, -0.05) is 0 Å². The summed E-state index contributed by atoms with van der Waals surface area (Å²) in [5.74, 6) is 0. The van der Waals surface area contributed by atoms with Crippen LogP contribution in [-0.4, -0.2) is 64.9 Å². The Kier molecular flexibility index (Phi) is 14.7. The Morgan fingerprint density at radius 3 is 0.659 bits per heavy atom. The van der Waals surface area contributed by atoms with Crippen molar-refractivity contribution in [3.05, 3.63) is 0 Å². The minimum atomic E-state index is -5.01. The van der Waals surface area contributed by atoms with Crippen molar-refractivity contribution in [1.29, 1.82) is 0 Å². The van der Waals surface area contributed by atoms with Gasteiger partial charge in [0.25, 0.3) is 0 Å². The predicted molar refractivity (Wildman–Crippen MR) is 162 cm³/mol. The summed E-state index contributed by atoms with van der Waals surface area (Å²) in [4.78, 5) is 0. The topological polar surface area (TPSA) is 92.3 Å². The molecule has 248 valence electrons. The first-order valence-electron chi connectivity index (χ1n) is 14.7. The zero-order valence-corrected chi connectivity index (χ0v) is 33.6. The van der Waals surface area contributed by atoms with Crippen LogP contribution in [0.2, 0.25) is 0 Å². The molecule has 41 heavy (non-hydrogen) atoms. The Morgan fingerprint density at radius 2 is 0.537 bits per heavy atom. The molecule has 10 nitrogen and oxygen atoms in total. The van der Waals surface area contributed by atoms with Crippen LogP contribution in [0.15, 0.2) is 0 Å². The molecule has 0 fully saturated rings. The summed E-state index contributed by atoms with van der Waals surface area (Å²) in [6.07, 6.45) is 0. The first kappa shape index (κ1) is 41.7. The number of hydrogen-bond acceptors (Lipinski definition) is 10. The third kappa shape index (κ3) is 19.0. The summed E-state index contributed by atoms with van der Waals surface area (Å²) in [6, 6.07) is 0. The molecule has 0 aliphatic heterocycles. The first-order valence-corrected chi connectivity index (χ1v) is 20.5. The van der Waals surface area contributed by atoms with E-state index in [9.17, 15) is 0 Å². The number of hydrogen-bond donors (Lipinski definition) is 0. The maximum absolute atomic E-state index is 6.92. The quantitative estimate of drug-likeness (QED) is 0.172. The van der Waals surface area contributed by atoms with Gasteiger partial charge in [0, 0.05) is 0 Å². The van der Waals surface area contributed by atoms with Gasteiger partial charge in [0.2, 0.25) is 0 Å². The summed E-state index contributed by atoms with van der Waals surface area (Å²) in [5.41, 5.74) is -4.28. The van der Waals surface area contributed by atoms with Gasteiger partial charge in [-0.3, -0.25) is 0 Å². The Morgan fingerprint density at radius 1 is 0.366 bits per heavy atom. The molecule has 0 atom stereocenters. The van der Waals surface area contributed by atoms with Crippen LogP contribution in [0.5, 0.6) is 0 Å². The van der Waals surface area contributed by atoms with Gasteiger partial charge in [0.05, 0.1) is 0 Å². The molecule has 0 aliphatic carbocycles. The fourth-order valence-corrected chi connectivity index (χ4v) is 16.3. The van der Waals surface area contributed by atoms with Crippen molar-refractivity contribution in [3.8, 4) is 0 Å². The van der Waals surface area contributed by atoms with Gasteiger partial charge in [-0.05, 0) is 0 Å². The molecule has 0 aromatic heterocycles. The third-order valence-corrected chi connectivity index (χ3v) is 16.6. The molecular weight excluding hydrogens is 600 g/mol. The molecule has 0 aromatic carbocycles. The number of rotatable bonds is 14. The first-order chi connectivity index (χ1) is 17.8. The average Bonchev–Trinajstić information content (AvgIpc) is 2.50. The van der Waals surface area contributed by atoms with E-state index in [0.717, 1.165) is 0 Å². The average molecular weight is 665 g/mol. The van der Waals surface area contributed by atoms with Crippen LogP contribution in [0.3, 0.4) is 0 Å². The van der Waals surface area contributed by atoms with E-state index in [1.807, 2.05) is 138 Å². The van der Waals surface area contributed by atoms with Crippen LogP contribution in [0, 0.1) is 0 Å². The summed E-state index contributed by atoms with van der Waals surface area (Å²) in [7, 11) is -8.25. The van der Waals surface area contributed by atoms with Gasteiger partial charge < -0.3 is 0 Å². The second kappa shape index (κ2) is 14.4. The van der Waals surface area contributed by atoms with Crippen molar-refractivity contribution in [2.75, 3.05) is 13.2 Å². The fraction of sp³-hybridized carbons (Fsp3) is 1.00. The predicted octanol–water partition coefficient (Wildman–Crippen LogP) is 7.67. The molecule has 0 radical (unpaired) electrons. The SMILES string of the molecule is CC[O][Ti]([O]CC)([O][Si](OC(C)(C)C)(OC(C)(C)C)OC(C)(C)C)[O][Si](OC(C)(C)C)(OC(C)(C)C)OC(C)(C)C. The van der Waals surface area contributed by atoms with Gasteiger partial charge in [0.15, 0.2) is 0 Å². The van der Waals surface area contributed by atoms with Gasteiger partial charge >= 0.3 is 261 Å². The second-order valence-electron chi connectivity index (χ2n) is 15.9. The van der Waals surface area contributed by atoms with Crippen LogP contribution >= 0.6 is 0 Å². The maximum atomic E-state index is 6.92. The monoisotopic (exact) mass is 664 g/mol. The van der Waals surface area contributed by atoms with Gasteiger partial charge in [-0.15, -0.1) is 0 Å². The van der Waals surface area contributed by atoms with Crippen molar-refractivity contribution in [2.24, 2.45) is 0 Å². The van der Waals surface area contributed by atoms with E-state index < -0.39 is 69.8 Å². The standard InChI is InChI=1S/2C12H27O4Si.2C2H5O.Ti/c2*1-10(2,3)14-17(13,15-11(4,5)6)16-12(7,8)9;2*1-2-3;/h2*1-9H3;2*2H2,1H3;/q4*-1;+4. The van der Waals surface area contributed by atoms with Gasteiger partial charge in [-0.25, -0.2) is 0 Å². The van der Waals surface area contributed by atoms with Crippen molar-refractivity contribution >= 4 is 18.1 Å². The second-order valence-corrected chi connectivity index (χ2v) is 23.9. The van der Waals surface area contributed by atoms with Crippen LogP contribution in [0.4, 0.5) is 0 Å². The molecule has 0 amide bonds. The van der Waals surface area contributed by atoms with Gasteiger partial charge in [0.1, 0.15) is 0 Å². The molecule has 0 spiro atoms. The third-order valence-electron chi connectivity index (χ3n) is 3.73. The molecule has 0 heterocycles. The molecule has 0 rings (SSSR count). The van der Waals surface area contributed by atoms with E-state index >= 15 is 0 Å². The van der Waals surface area contributed by atoms with Crippen LogP contribution in [-0.2, 0) is 57.3 Å². The molecule has 0 unspecified atom stereocenters. The van der Waals surface area contributed by atoms with E-state index in [-0.39, 0.29) is 13.2 Å². The Balaban J connectivity index is 7.57. The minimum absolute atomic E-state index is 0.218. The Hall–Kier alpha value is 0.748. The van der Waals surface area contributed by atoms with Crippen molar-refractivity contribution < 1.29 is 57.3 Å². The van der Waals surface area contributed by atoms with Crippen molar-refractivity contribution in [2.45, 2.75) is 172 Å². The molecule has 0 aliphatic rings. The van der Waals surface area contributed by atoms with Crippen molar-refractivity contribution in [3.63, 3.8) is 0 Å². The van der Waals surface area contributed by atoms with Crippen LogP contribution in [0.1, 0.15) is 138 Å². The fourth-order valence-electron chi connectivity index (χ4n) is 3.34. The Labute approximate surface area is 259 Å². The zero-order chi connectivity index (χ0) is 33.0. The van der Waals surface area contributed by atoms with Crippen LogP contribution in [0.25, 0.3) is 0 Å². The molecule has 0 bridgehead atoms. The van der Waals surface area contributed by atoms with E-state index in [1.165, 1.54) is 0 Å². The normalized spacial score (nSPS) is 15.5.